The molecule has 2 aromatic carbocycles. The van der Waals surface area contributed by atoms with Crippen molar-refractivity contribution in [2.45, 2.75) is 19.8 Å². The molecule has 0 saturated carbocycles. The standard InChI is InChI=1S/C20H21N3O5/c1-11-4-5-12(8-13(11)21-18(24)6-7-19(25)26)20-22-14-9-16(27-2)17(28-3)10-15(14)23-20/h4-5,8-10H,6-7H2,1-3H3,(H,21,24)(H,22,23)(H,25,26). The zero-order valence-electron chi connectivity index (χ0n) is 15.8. The first-order valence-electron chi connectivity index (χ1n) is 8.65. The molecule has 1 amide bonds. The number of carbonyl (C=O) groups excluding carboxylic acids is 1. The van der Waals surface area contributed by atoms with Gasteiger partial charge in [-0.1, -0.05) is 12.1 Å². The molecule has 8 heteroatoms. The smallest absolute Gasteiger partial charge is 0.303 e. The first-order valence-corrected chi connectivity index (χ1v) is 8.65. The Labute approximate surface area is 161 Å². The number of anilines is 1. The van der Waals surface area contributed by atoms with Crippen LogP contribution in [-0.2, 0) is 9.59 Å². The number of benzene rings is 2. The Balaban J connectivity index is 1.91. The van der Waals surface area contributed by atoms with Crippen LogP contribution in [-0.4, -0.2) is 41.2 Å². The maximum atomic E-state index is 12.0. The van der Waals surface area contributed by atoms with Gasteiger partial charge in [0, 0.05) is 29.8 Å². The normalized spacial score (nSPS) is 10.7. The quantitative estimate of drug-likeness (QED) is 0.576. The fraction of sp³-hybridized carbons (Fsp3) is 0.250. The molecule has 3 rings (SSSR count). The van der Waals surface area contributed by atoms with E-state index in [2.05, 4.69) is 15.3 Å². The van der Waals surface area contributed by atoms with Gasteiger partial charge in [-0.3, -0.25) is 9.59 Å². The van der Waals surface area contributed by atoms with E-state index in [4.69, 9.17) is 14.6 Å². The van der Waals surface area contributed by atoms with Crippen LogP contribution in [0.3, 0.4) is 0 Å². The molecule has 0 aliphatic rings. The lowest BCUT2D eigenvalue weighted by molar-refractivity contribution is -0.138. The molecule has 3 N–H and O–H groups in total. The van der Waals surface area contributed by atoms with Crippen molar-refractivity contribution >= 4 is 28.6 Å². The van der Waals surface area contributed by atoms with Gasteiger partial charge in [-0.2, -0.15) is 0 Å². The van der Waals surface area contributed by atoms with E-state index in [1.54, 1.807) is 26.4 Å². The molecule has 28 heavy (non-hydrogen) atoms. The van der Waals surface area contributed by atoms with E-state index < -0.39 is 5.97 Å². The van der Waals surface area contributed by atoms with E-state index >= 15 is 0 Å². The number of fused-ring (bicyclic) bond motifs is 1. The number of aromatic amines is 1. The van der Waals surface area contributed by atoms with Crippen molar-refractivity contribution in [1.82, 2.24) is 9.97 Å². The van der Waals surface area contributed by atoms with Crippen LogP contribution in [0, 0.1) is 6.92 Å². The number of amides is 1. The minimum Gasteiger partial charge on any atom is -0.493 e. The van der Waals surface area contributed by atoms with Crippen LogP contribution in [0.5, 0.6) is 11.5 Å². The number of aliphatic carboxylic acids is 1. The molecule has 1 aromatic heterocycles. The predicted molar refractivity (Wildman–Crippen MR) is 105 cm³/mol. The number of nitrogens with zero attached hydrogens (tertiary/aromatic N) is 1. The average molecular weight is 383 g/mol. The summed E-state index contributed by atoms with van der Waals surface area (Å²) in [4.78, 5) is 30.4. The molecule has 0 bridgehead atoms. The fourth-order valence-electron chi connectivity index (χ4n) is 2.81. The third-order valence-electron chi connectivity index (χ3n) is 4.34. The highest BCUT2D eigenvalue weighted by Crippen LogP contribution is 2.33. The number of methoxy groups -OCH3 is 2. The summed E-state index contributed by atoms with van der Waals surface area (Å²) in [7, 11) is 3.14. The Morgan fingerprint density at radius 3 is 2.50 bits per heavy atom. The minimum absolute atomic E-state index is 0.0801. The van der Waals surface area contributed by atoms with E-state index in [9.17, 15) is 9.59 Å². The highest BCUT2D eigenvalue weighted by molar-refractivity contribution is 5.94. The number of hydrogen-bond donors (Lipinski definition) is 3. The maximum absolute atomic E-state index is 12.0. The average Bonchev–Trinajstić information content (AvgIpc) is 3.09. The van der Waals surface area contributed by atoms with Gasteiger partial charge in [0.15, 0.2) is 11.5 Å². The first kappa shape index (κ1) is 19.2. The summed E-state index contributed by atoms with van der Waals surface area (Å²) < 4.78 is 10.6. The van der Waals surface area contributed by atoms with Gasteiger partial charge in [-0.05, 0) is 18.6 Å². The molecule has 0 aliphatic carbocycles. The monoisotopic (exact) mass is 383 g/mol. The molecule has 0 atom stereocenters. The molecule has 3 aromatic rings. The molecular formula is C20H21N3O5. The second kappa shape index (κ2) is 7.99. The minimum atomic E-state index is -1.01. The molecule has 0 radical (unpaired) electrons. The van der Waals surface area contributed by atoms with E-state index in [0.29, 0.717) is 23.0 Å². The number of aromatic nitrogens is 2. The van der Waals surface area contributed by atoms with Gasteiger partial charge in [-0.15, -0.1) is 0 Å². The molecule has 1 heterocycles. The van der Waals surface area contributed by atoms with Crippen LogP contribution in [0.4, 0.5) is 5.69 Å². The van der Waals surface area contributed by atoms with Crippen LogP contribution in [0.15, 0.2) is 30.3 Å². The Morgan fingerprint density at radius 1 is 1.11 bits per heavy atom. The number of nitrogens with one attached hydrogen (secondary N) is 2. The Kier molecular flexibility index (Phi) is 5.49. The summed E-state index contributed by atoms with van der Waals surface area (Å²) in [6.45, 7) is 1.87. The Morgan fingerprint density at radius 2 is 1.82 bits per heavy atom. The summed E-state index contributed by atoms with van der Waals surface area (Å²) in [6, 6.07) is 9.18. The SMILES string of the molecule is COc1cc2nc(-c3ccc(C)c(NC(=O)CCC(=O)O)c3)[nH]c2cc1OC. The molecule has 0 unspecified atom stereocenters. The highest BCUT2D eigenvalue weighted by Gasteiger charge is 2.13. The van der Waals surface area contributed by atoms with Gasteiger partial charge in [-0.25, -0.2) is 4.98 Å². The number of imidazole rings is 1. The van der Waals surface area contributed by atoms with E-state index in [0.717, 1.165) is 22.2 Å². The van der Waals surface area contributed by atoms with Gasteiger partial charge < -0.3 is 24.9 Å². The second-order valence-corrected chi connectivity index (χ2v) is 6.28. The zero-order valence-corrected chi connectivity index (χ0v) is 15.8. The summed E-state index contributed by atoms with van der Waals surface area (Å²) >= 11 is 0. The molecule has 0 spiro atoms. The van der Waals surface area contributed by atoms with E-state index in [1.807, 2.05) is 25.1 Å². The summed E-state index contributed by atoms with van der Waals surface area (Å²) in [5, 5.41) is 11.5. The summed E-state index contributed by atoms with van der Waals surface area (Å²) in [5.41, 5.74) is 3.78. The van der Waals surface area contributed by atoms with Gasteiger partial charge in [0.2, 0.25) is 5.91 Å². The highest BCUT2D eigenvalue weighted by atomic mass is 16.5. The van der Waals surface area contributed by atoms with Gasteiger partial charge >= 0.3 is 5.97 Å². The largest absolute Gasteiger partial charge is 0.493 e. The van der Waals surface area contributed by atoms with E-state index in [-0.39, 0.29) is 18.7 Å². The molecule has 0 aliphatic heterocycles. The molecule has 146 valence electrons. The van der Waals surface area contributed by atoms with Gasteiger partial charge in [0.05, 0.1) is 31.7 Å². The van der Waals surface area contributed by atoms with Crippen molar-refractivity contribution in [2.75, 3.05) is 19.5 Å². The Hall–Kier alpha value is -3.55. The van der Waals surface area contributed by atoms with Crippen molar-refractivity contribution < 1.29 is 24.2 Å². The van der Waals surface area contributed by atoms with Gasteiger partial charge in [0.1, 0.15) is 5.82 Å². The number of ether oxygens (including phenoxy) is 2. The zero-order chi connectivity index (χ0) is 20.3. The van der Waals surface area contributed by atoms with E-state index in [1.165, 1.54) is 0 Å². The lowest BCUT2D eigenvalue weighted by atomic mass is 10.1. The number of rotatable bonds is 7. The van der Waals surface area contributed by atoms with Crippen LogP contribution >= 0.6 is 0 Å². The second-order valence-electron chi connectivity index (χ2n) is 6.28. The lowest BCUT2D eigenvalue weighted by Crippen LogP contribution is -2.14. The van der Waals surface area contributed by atoms with Crippen molar-refractivity contribution in [2.24, 2.45) is 0 Å². The van der Waals surface area contributed by atoms with Crippen LogP contribution in [0.1, 0.15) is 18.4 Å². The molecular weight excluding hydrogens is 362 g/mol. The number of H-pyrrole nitrogens is 1. The lowest BCUT2D eigenvalue weighted by Gasteiger charge is -2.09. The number of carboxylic acids is 1. The van der Waals surface area contributed by atoms with Crippen molar-refractivity contribution in [3.8, 4) is 22.9 Å². The Bertz CT molecular complexity index is 1000. The third kappa shape index (κ3) is 4.06. The molecule has 0 saturated heterocycles. The van der Waals surface area contributed by atoms with Gasteiger partial charge in [0.25, 0.3) is 0 Å². The van der Waals surface area contributed by atoms with Crippen LogP contribution in [0.2, 0.25) is 0 Å². The molecule has 0 fully saturated rings. The van der Waals surface area contributed by atoms with Crippen LogP contribution in [0.25, 0.3) is 22.4 Å². The van der Waals surface area contributed by atoms with Crippen molar-refractivity contribution in [1.29, 1.82) is 0 Å². The number of hydrogen-bond acceptors (Lipinski definition) is 5. The maximum Gasteiger partial charge on any atom is 0.303 e. The van der Waals surface area contributed by atoms with Crippen molar-refractivity contribution in [3.05, 3.63) is 35.9 Å². The number of aryl methyl sites for hydroxylation is 1. The fourth-order valence-corrected chi connectivity index (χ4v) is 2.81. The third-order valence-corrected chi connectivity index (χ3v) is 4.34. The topological polar surface area (TPSA) is 114 Å². The van der Waals surface area contributed by atoms with Crippen LogP contribution < -0.4 is 14.8 Å². The van der Waals surface area contributed by atoms with Crippen molar-refractivity contribution in [3.63, 3.8) is 0 Å². The molecule has 8 nitrogen and oxygen atoms in total. The summed E-state index contributed by atoms with van der Waals surface area (Å²) in [6.07, 6.45) is -0.291. The number of carboxylic acid groups (broad SMARTS) is 1. The summed E-state index contributed by atoms with van der Waals surface area (Å²) in [5.74, 6) is 0.464. The number of carbonyl (C=O) groups is 2. The first-order chi connectivity index (χ1) is 13.4. The predicted octanol–water partition coefficient (Wildman–Crippen LogP) is 3.36.